The second-order valence-corrected chi connectivity index (χ2v) is 6.69. The van der Waals surface area contributed by atoms with Gasteiger partial charge >= 0.3 is 7.82 Å². The molecule has 0 amide bonds. The highest BCUT2D eigenvalue weighted by Gasteiger charge is 2.29. The molecule has 0 aliphatic carbocycles. The van der Waals surface area contributed by atoms with Gasteiger partial charge < -0.3 is 5.11 Å². The number of phosphoric acid groups is 1. The standard InChI is InChI=1S/C17H21O5P/c1-15(12-18)22-23(19,20-13-16-8-4-2-5-9-16)21-14-17-10-6-3-7-11-17/h2-11,15,18H,12-14H2,1H3. The summed E-state index contributed by atoms with van der Waals surface area (Å²) in [7, 11) is -3.78. The number of phosphoric ester groups is 1. The Morgan fingerprint density at radius 2 is 1.35 bits per heavy atom. The molecule has 2 aromatic rings. The van der Waals surface area contributed by atoms with Gasteiger partial charge in [-0.15, -0.1) is 0 Å². The van der Waals surface area contributed by atoms with Gasteiger partial charge in [-0.3, -0.25) is 13.6 Å². The molecular formula is C17H21O5P. The van der Waals surface area contributed by atoms with E-state index in [9.17, 15) is 4.57 Å². The molecule has 6 heteroatoms. The average Bonchev–Trinajstić information content (AvgIpc) is 2.60. The molecule has 0 saturated carbocycles. The Balaban J connectivity index is 2.00. The molecule has 0 heterocycles. The van der Waals surface area contributed by atoms with E-state index in [0.29, 0.717) is 0 Å². The first-order valence-corrected chi connectivity index (χ1v) is 8.83. The number of hydrogen-bond acceptors (Lipinski definition) is 5. The van der Waals surface area contributed by atoms with Crippen LogP contribution < -0.4 is 0 Å². The van der Waals surface area contributed by atoms with E-state index in [-0.39, 0.29) is 19.8 Å². The maximum Gasteiger partial charge on any atom is 0.475 e. The fraction of sp³-hybridized carbons (Fsp3) is 0.294. The third kappa shape index (κ3) is 6.26. The van der Waals surface area contributed by atoms with Crippen LogP contribution >= 0.6 is 7.82 Å². The zero-order chi connectivity index (χ0) is 16.5. The lowest BCUT2D eigenvalue weighted by molar-refractivity contribution is 0.0508. The summed E-state index contributed by atoms with van der Waals surface area (Å²) in [6, 6.07) is 18.7. The molecule has 2 aromatic carbocycles. The van der Waals surface area contributed by atoms with Crippen molar-refractivity contribution in [2.24, 2.45) is 0 Å². The summed E-state index contributed by atoms with van der Waals surface area (Å²) in [4.78, 5) is 0. The van der Waals surface area contributed by atoms with Crippen LogP contribution in [0, 0.1) is 0 Å². The Bertz CT molecular complexity index is 570. The van der Waals surface area contributed by atoms with Crippen molar-refractivity contribution in [2.45, 2.75) is 26.2 Å². The summed E-state index contributed by atoms with van der Waals surface area (Å²) in [5, 5.41) is 9.11. The SMILES string of the molecule is CC(CO)OP(=O)(OCc1ccccc1)OCc1ccccc1. The normalized spacial score (nSPS) is 13.0. The Morgan fingerprint density at radius 3 is 1.74 bits per heavy atom. The molecule has 23 heavy (non-hydrogen) atoms. The average molecular weight is 336 g/mol. The quantitative estimate of drug-likeness (QED) is 0.703. The van der Waals surface area contributed by atoms with E-state index in [2.05, 4.69) is 0 Å². The molecule has 0 aromatic heterocycles. The van der Waals surface area contributed by atoms with Gasteiger partial charge in [0.25, 0.3) is 0 Å². The second-order valence-electron chi connectivity index (χ2n) is 5.06. The first-order chi connectivity index (χ1) is 11.1. The van der Waals surface area contributed by atoms with Crippen molar-refractivity contribution < 1.29 is 23.2 Å². The highest BCUT2D eigenvalue weighted by molar-refractivity contribution is 7.48. The molecule has 1 N–H and O–H groups in total. The zero-order valence-corrected chi connectivity index (χ0v) is 13.9. The predicted octanol–water partition coefficient (Wildman–Crippen LogP) is 3.93. The van der Waals surface area contributed by atoms with Gasteiger partial charge in [-0.05, 0) is 18.1 Å². The van der Waals surface area contributed by atoms with E-state index in [1.54, 1.807) is 6.92 Å². The number of hydrogen-bond donors (Lipinski definition) is 1. The Hall–Kier alpha value is -1.49. The van der Waals surface area contributed by atoms with Crippen molar-refractivity contribution in [3.8, 4) is 0 Å². The van der Waals surface area contributed by atoms with Crippen molar-refractivity contribution in [1.29, 1.82) is 0 Å². The summed E-state index contributed by atoms with van der Waals surface area (Å²) < 4.78 is 28.9. The molecule has 2 rings (SSSR count). The fourth-order valence-electron chi connectivity index (χ4n) is 1.81. The lowest BCUT2D eigenvalue weighted by atomic mass is 10.2. The van der Waals surface area contributed by atoms with E-state index >= 15 is 0 Å². The number of aliphatic hydroxyl groups is 1. The molecule has 0 spiro atoms. The van der Waals surface area contributed by atoms with E-state index in [1.807, 2.05) is 60.7 Å². The van der Waals surface area contributed by atoms with Gasteiger partial charge in [-0.25, -0.2) is 4.57 Å². The minimum Gasteiger partial charge on any atom is -0.394 e. The van der Waals surface area contributed by atoms with E-state index < -0.39 is 13.9 Å². The molecule has 1 unspecified atom stereocenters. The van der Waals surface area contributed by atoms with E-state index in [4.69, 9.17) is 18.7 Å². The molecular weight excluding hydrogens is 315 g/mol. The van der Waals surface area contributed by atoms with Crippen LogP contribution in [0.1, 0.15) is 18.1 Å². The first-order valence-electron chi connectivity index (χ1n) is 7.37. The van der Waals surface area contributed by atoms with Crippen LogP contribution in [-0.2, 0) is 31.4 Å². The van der Waals surface area contributed by atoms with Crippen molar-refractivity contribution in [3.63, 3.8) is 0 Å². The van der Waals surface area contributed by atoms with E-state index in [1.165, 1.54) is 0 Å². The smallest absolute Gasteiger partial charge is 0.394 e. The van der Waals surface area contributed by atoms with Crippen molar-refractivity contribution in [1.82, 2.24) is 0 Å². The highest BCUT2D eigenvalue weighted by atomic mass is 31.2. The molecule has 124 valence electrons. The Kier molecular flexibility index (Phi) is 6.96. The van der Waals surface area contributed by atoms with Gasteiger partial charge in [0, 0.05) is 0 Å². The van der Waals surface area contributed by atoms with Crippen LogP contribution in [-0.4, -0.2) is 17.8 Å². The van der Waals surface area contributed by atoms with Crippen LogP contribution in [0.15, 0.2) is 60.7 Å². The van der Waals surface area contributed by atoms with Crippen LogP contribution in [0.3, 0.4) is 0 Å². The molecule has 1 atom stereocenters. The number of rotatable bonds is 9. The van der Waals surface area contributed by atoms with Crippen molar-refractivity contribution in [3.05, 3.63) is 71.8 Å². The Morgan fingerprint density at radius 1 is 0.913 bits per heavy atom. The van der Waals surface area contributed by atoms with Gasteiger partial charge in [0.05, 0.1) is 25.9 Å². The van der Waals surface area contributed by atoms with Crippen LogP contribution in [0.2, 0.25) is 0 Å². The zero-order valence-electron chi connectivity index (χ0n) is 13.0. The van der Waals surface area contributed by atoms with Gasteiger partial charge in [-0.2, -0.15) is 0 Å². The Labute approximate surface area is 136 Å². The molecule has 0 fully saturated rings. The van der Waals surface area contributed by atoms with Crippen molar-refractivity contribution in [2.75, 3.05) is 6.61 Å². The van der Waals surface area contributed by atoms with Crippen LogP contribution in [0.5, 0.6) is 0 Å². The first kappa shape index (κ1) is 17.9. The highest BCUT2D eigenvalue weighted by Crippen LogP contribution is 2.51. The van der Waals surface area contributed by atoms with E-state index in [0.717, 1.165) is 11.1 Å². The van der Waals surface area contributed by atoms with Gasteiger partial charge in [0.2, 0.25) is 0 Å². The topological polar surface area (TPSA) is 65.0 Å². The molecule has 0 bridgehead atoms. The summed E-state index contributed by atoms with van der Waals surface area (Å²) in [5.74, 6) is 0. The third-order valence-corrected chi connectivity index (χ3v) is 4.54. The second kappa shape index (κ2) is 8.96. The van der Waals surface area contributed by atoms with Crippen molar-refractivity contribution >= 4 is 7.82 Å². The van der Waals surface area contributed by atoms with Gasteiger partial charge in [0.15, 0.2) is 0 Å². The monoisotopic (exact) mass is 336 g/mol. The van der Waals surface area contributed by atoms with Crippen LogP contribution in [0.4, 0.5) is 0 Å². The maximum absolute atomic E-state index is 12.8. The van der Waals surface area contributed by atoms with Gasteiger partial charge in [-0.1, -0.05) is 60.7 Å². The summed E-state index contributed by atoms with van der Waals surface area (Å²) in [6.07, 6.45) is -0.646. The van der Waals surface area contributed by atoms with Gasteiger partial charge in [0.1, 0.15) is 0 Å². The minimum absolute atomic E-state index is 0.102. The molecule has 0 radical (unpaired) electrons. The summed E-state index contributed by atoms with van der Waals surface area (Å²) in [5.41, 5.74) is 1.72. The summed E-state index contributed by atoms with van der Waals surface area (Å²) >= 11 is 0. The lowest BCUT2D eigenvalue weighted by Gasteiger charge is -2.21. The predicted molar refractivity (Wildman–Crippen MR) is 87.7 cm³/mol. The molecule has 0 aliphatic heterocycles. The lowest BCUT2D eigenvalue weighted by Crippen LogP contribution is -2.13. The molecule has 0 aliphatic rings. The fourth-order valence-corrected chi connectivity index (χ4v) is 3.13. The largest absolute Gasteiger partial charge is 0.475 e. The third-order valence-electron chi connectivity index (χ3n) is 3.03. The maximum atomic E-state index is 12.8. The molecule has 5 nitrogen and oxygen atoms in total. The molecule has 0 saturated heterocycles. The number of aliphatic hydroxyl groups excluding tert-OH is 1. The van der Waals surface area contributed by atoms with Crippen LogP contribution in [0.25, 0.3) is 0 Å². The summed E-state index contributed by atoms with van der Waals surface area (Å²) in [6.45, 7) is 1.54. The minimum atomic E-state index is -3.78. The number of benzene rings is 2.